The van der Waals surface area contributed by atoms with E-state index in [4.69, 9.17) is 4.74 Å². The number of ether oxygens (including phenoxy) is 1. The molecule has 0 amide bonds. The molecule has 0 unspecified atom stereocenters. The third-order valence-electron chi connectivity index (χ3n) is 3.51. The lowest BCUT2D eigenvalue weighted by Gasteiger charge is -2.07. The molecule has 0 spiro atoms. The summed E-state index contributed by atoms with van der Waals surface area (Å²) < 4.78 is 5.69. The summed E-state index contributed by atoms with van der Waals surface area (Å²) in [7, 11) is 0. The second-order valence-corrected chi connectivity index (χ2v) is 5.21. The smallest absolute Gasteiger partial charge is 0.323 e. The number of carbonyl (C=O) groups excluding carboxylic acids is 1. The molecule has 0 aliphatic carbocycles. The van der Waals surface area contributed by atoms with Gasteiger partial charge in [0, 0.05) is 11.3 Å². The molecule has 0 bridgehead atoms. The summed E-state index contributed by atoms with van der Waals surface area (Å²) in [5.41, 5.74) is 2.01. The van der Waals surface area contributed by atoms with Crippen LogP contribution in [-0.4, -0.2) is 15.8 Å². The Morgan fingerprint density at radius 1 is 1.00 bits per heavy atom. The molecule has 2 aromatic carbocycles. The molecule has 5 nitrogen and oxygen atoms in total. The number of aryl methyl sites for hydroxylation is 1. The average Bonchev–Trinajstić information content (AvgIpc) is 2.92. The van der Waals surface area contributed by atoms with Gasteiger partial charge >= 0.3 is 5.69 Å². The van der Waals surface area contributed by atoms with Crippen molar-refractivity contribution in [3.05, 3.63) is 87.6 Å². The topological polar surface area (TPSA) is 75.0 Å². The number of carbonyl (C=O) groups is 1. The molecule has 0 radical (unpaired) electrons. The Hall–Kier alpha value is -3.08. The number of aromatic nitrogens is 2. The van der Waals surface area contributed by atoms with Crippen LogP contribution in [0.25, 0.3) is 0 Å². The zero-order valence-electron chi connectivity index (χ0n) is 12.6. The predicted molar refractivity (Wildman–Crippen MR) is 86.8 cm³/mol. The van der Waals surface area contributed by atoms with Crippen LogP contribution in [0.1, 0.15) is 27.3 Å². The Bertz CT molecular complexity index is 861. The highest BCUT2D eigenvalue weighted by molar-refractivity contribution is 6.08. The molecule has 1 aromatic heterocycles. The maximum Gasteiger partial charge on any atom is 0.323 e. The van der Waals surface area contributed by atoms with Gasteiger partial charge in [-0.1, -0.05) is 30.3 Å². The number of nitrogens with one attached hydrogen (secondary N) is 2. The first kappa shape index (κ1) is 14.8. The number of imidazole rings is 1. The van der Waals surface area contributed by atoms with Crippen LogP contribution in [0.3, 0.4) is 0 Å². The largest absolute Gasteiger partial charge is 0.489 e. The third kappa shape index (κ3) is 3.40. The Morgan fingerprint density at radius 3 is 2.30 bits per heavy atom. The van der Waals surface area contributed by atoms with E-state index in [9.17, 15) is 9.59 Å². The first-order valence-corrected chi connectivity index (χ1v) is 7.24. The first-order chi connectivity index (χ1) is 11.1. The molecule has 0 atom stereocenters. The molecule has 0 aliphatic rings. The van der Waals surface area contributed by atoms with Gasteiger partial charge in [-0.15, -0.1) is 0 Å². The number of aromatic amines is 2. The standard InChI is InChI=1S/C18H16N2O3/c1-12-16(20-18(22)19-12)17(21)14-7-9-15(10-8-14)23-11-13-5-3-2-4-6-13/h2-10H,11H2,1H3,(H2,19,20,22). The van der Waals surface area contributed by atoms with E-state index in [0.717, 1.165) is 5.56 Å². The van der Waals surface area contributed by atoms with Gasteiger partial charge in [-0.05, 0) is 36.8 Å². The zero-order valence-corrected chi connectivity index (χ0v) is 12.6. The van der Waals surface area contributed by atoms with Crippen LogP contribution < -0.4 is 10.4 Å². The van der Waals surface area contributed by atoms with E-state index in [2.05, 4.69) is 9.97 Å². The molecule has 0 aliphatic heterocycles. The van der Waals surface area contributed by atoms with E-state index in [-0.39, 0.29) is 17.2 Å². The van der Waals surface area contributed by atoms with Crippen LogP contribution in [0, 0.1) is 6.92 Å². The number of ketones is 1. The number of benzene rings is 2. The van der Waals surface area contributed by atoms with Crippen LogP contribution in [0.5, 0.6) is 5.75 Å². The lowest BCUT2D eigenvalue weighted by Crippen LogP contribution is -2.06. The lowest BCUT2D eigenvalue weighted by molar-refractivity contribution is 0.103. The molecule has 5 heteroatoms. The minimum Gasteiger partial charge on any atom is -0.489 e. The summed E-state index contributed by atoms with van der Waals surface area (Å²) >= 11 is 0. The third-order valence-corrected chi connectivity index (χ3v) is 3.51. The fourth-order valence-electron chi connectivity index (χ4n) is 2.29. The van der Waals surface area contributed by atoms with Gasteiger partial charge in [-0.2, -0.15) is 0 Å². The average molecular weight is 308 g/mol. The van der Waals surface area contributed by atoms with Crippen molar-refractivity contribution in [2.45, 2.75) is 13.5 Å². The molecule has 1 heterocycles. The van der Waals surface area contributed by atoms with Crippen LogP contribution in [0.15, 0.2) is 59.4 Å². The fraction of sp³-hybridized carbons (Fsp3) is 0.111. The Kier molecular flexibility index (Phi) is 4.10. The van der Waals surface area contributed by atoms with Crippen molar-refractivity contribution in [3.63, 3.8) is 0 Å². The summed E-state index contributed by atoms with van der Waals surface area (Å²) in [4.78, 5) is 28.6. The predicted octanol–water partition coefficient (Wildman–Crippen LogP) is 2.82. The van der Waals surface area contributed by atoms with E-state index >= 15 is 0 Å². The molecule has 3 aromatic rings. The number of hydrogen-bond donors (Lipinski definition) is 2. The molecule has 116 valence electrons. The van der Waals surface area contributed by atoms with Gasteiger partial charge < -0.3 is 14.7 Å². The van der Waals surface area contributed by atoms with E-state index < -0.39 is 0 Å². The van der Waals surface area contributed by atoms with E-state index in [1.54, 1.807) is 31.2 Å². The maximum absolute atomic E-state index is 12.3. The second kappa shape index (κ2) is 6.36. The summed E-state index contributed by atoms with van der Waals surface area (Å²) in [5, 5.41) is 0. The number of rotatable bonds is 5. The van der Waals surface area contributed by atoms with E-state index in [1.807, 2.05) is 30.3 Å². The Labute approximate surface area is 133 Å². The SMILES string of the molecule is Cc1[nH]c(=O)[nH]c1C(=O)c1ccc(OCc2ccccc2)cc1. The Morgan fingerprint density at radius 2 is 1.70 bits per heavy atom. The monoisotopic (exact) mass is 308 g/mol. The molecule has 0 saturated heterocycles. The van der Waals surface area contributed by atoms with Gasteiger partial charge in [-0.25, -0.2) is 4.79 Å². The minimum atomic E-state index is -0.381. The van der Waals surface area contributed by atoms with E-state index in [1.165, 1.54) is 0 Å². The van der Waals surface area contributed by atoms with Crippen molar-refractivity contribution in [1.29, 1.82) is 0 Å². The van der Waals surface area contributed by atoms with Crippen LogP contribution in [0.4, 0.5) is 0 Å². The summed E-state index contributed by atoms with van der Waals surface area (Å²) in [6, 6.07) is 16.7. The fourth-order valence-corrected chi connectivity index (χ4v) is 2.29. The molecular formula is C18H16N2O3. The van der Waals surface area contributed by atoms with Crippen LogP contribution in [-0.2, 0) is 6.61 Å². The summed E-state index contributed by atoms with van der Waals surface area (Å²) in [6.45, 7) is 2.15. The van der Waals surface area contributed by atoms with Crippen molar-refractivity contribution in [2.75, 3.05) is 0 Å². The second-order valence-electron chi connectivity index (χ2n) is 5.21. The summed E-state index contributed by atoms with van der Waals surface area (Å²) in [6.07, 6.45) is 0. The molecular weight excluding hydrogens is 292 g/mol. The molecule has 2 N–H and O–H groups in total. The highest BCUT2D eigenvalue weighted by Crippen LogP contribution is 2.16. The van der Waals surface area contributed by atoms with Crippen molar-refractivity contribution in [2.24, 2.45) is 0 Å². The van der Waals surface area contributed by atoms with Crippen molar-refractivity contribution < 1.29 is 9.53 Å². The molecule has 0 fully saturated rings. The van der Waals surface area contributed by atoms with Gasteiger partial charge in [0.25, 0.3) is 0 Å². The van der Waals surface area contributed by atoms with Gasteiger partial charge in [0.15, 0.2) is 0 Å². The molecule has 0 saturated carbocycles. The van der Waals surface area contributed by atoms with Gasteiger partial charge in [0.2, 0.25) is 5.78 Å². The van der Waals surface area contributed by atoms with Gasteiger partial charge in [-0.3, -0.25) is 4.79 Å². The molecule has 3 rings (SSSR count). The van der Waals surface area contributed by atoms with Crippen molar-refractivity contribution in [1.82, 2.24) is 9.97 Å². The van der Waals surface area contributed by atoms with Gasteiger partial charge in [0.1, 0.15) is 18.1 Å². The number of hydrogen-bond acceptors (Lipinski definition) is 3. The zero-order chi connectivity index (χ0) is 16.2. The maximum atomic E-state index is 12.3. The summed E-state index contributed by atoms with van der Waals surface area (Å²) in [5.74, 6) is 0.458. The lowest BCUT2D eigenvalue weighted by atomic mass is 10.1. The van der Waals surface area contributed by atoms with Crippen molar-refractivity contribution in [3.8, 4) is 5.75 Å². The van der Waals surface area contributed by atoms with Crippen LogP contribution in [0.2, 0.25) is 0 Å². The minimum absolute atomic E-state index is 0.226. The van der Waals surface area contributed by atoms with Crippen molar-refractivity contribution >= 4 is 5.78 Å². The quantitative estimate of drug-likeness (QED) is 0.712. The van der Waals surface area contributed by atoms with E-state index in [0.29, 0.717) is 23.6 Å². The number of H-pyrrole nitrogens is 2. The van der Waals surface area contributed by atoms with Gasteiger partial charge in [0.05, 0.1) is 0 Å². The highest BCUT2D eigenvalue weighted by atomic mass is 16.5. The Balaban J connectivity index is 1.70. The highest BCUT2D eigenvalue weighted by Gasteiger charge is 2.14. The first-order valence-electron chi connectivity index (χ1n) is 7.24. The normalized spacial score (nSPS) is 10.5. The van der Waals surface area contributed by atoms with Crippen LogP contribution >= 0.6 is 0 Å². The molecule has 23 heavy (non-hydrogen) atoms.